The SMILES string of the molecule is CC(C)(C)[Si](C)(C)[Te][Si](C)(C)C(C)(C)C. The Morgan fingerprint density at radius 3 is 0.933 bits per heavy atom. The van der Waals surface area contributed by atoms with Crippen LogP contribution < -0.4 is 0 Å². The summed E-state index contributed by atoms with van der Waals surface area (Å²) in [5, 5.41) is 1.20. The first-order valence-corrected chi connectivity index (χ1v) is 18.7. The van der Waals surface area contributed by atoms with Crippen molar-refractivity contribution in [1.82, 2.24) is 0 Å². The van der Waals surface area contributed by atoms with Gasteiger partial charge in [0.05, 0.1) is 0 Å². The fraction of sp³-hybridized carbons (Fsp3) is 1.00. The molecule has 0 aromatic heterocycles. The maximum atomic E-state index is 2.63. The zero-order valence-corrected chi connectivity index (χ0v) is 16.7. The van der Waals surface area contributed by atoms with Crippen LogP contribution in [0.15, 0.2) is 0 Å². The van der Waals surface area contributed by atoms with E-state index in [9.17, 15) is 0 Å². The summed E-state index contributed by atoms with van der Waals surface area (Å²) in [6.45, 7) is 25.4. The second-order valence-corrected chi connectivity index (χ2v) is 40.2. The molecule has 0 nitrogen and oxygen atoms in total. The van der Waals surface area contributed by atoms with Crippen molar-refractivity contribution >= 4 is 30.6 Å². The van der Waals surface area contributed by atoms with Crippen molar-refractivity contribution in [1.29, 1.82) is 0 Å². The molecule has 0 aromatic carbocycles. The molecule has 0 aromatic rings. The summed E-state index contributed by atoms with van der Waals surface area (Å²) in [7, 11) is 0. The maximum absolute atomic E-state index is 2.63. The van der Waals surface area contributed by atoms with Gasteiger partial charge in [-0.3, -0.25) is 0 Å². The van der Waals surface area contributed by atoms with Gasteiger partial charge in [-0.15, -0.1) is 0 Å². The summed E-state index contributed by atoms with van der Waals surface area (Å²) < 4.78 is 0. The first-order chi connectivity index (χ1) is 6.21. The molecule has 0 saturated carbocycles. The molecule has 0 fully saturated rings. The molecule has 0 radical (unpaired) electrons. The molecule has 0 heterocycles. The molecule has 0 N–H and O–H groups in total. The predicted octanol–water partition coefficient (Wildman–Crippen LogP) is 4.70. The Labute approximate surface area is 108 Å². The van der Waals surface area contributed by atoms with Gasteiger partial charge in [0.25, 0.3) is 0 Å². The Balaban J connectivity index is 4.89. The van der Waals surface area contributed by atoms with Gasteiger partial charge in [0.2, 0.25) is 0 Å². The Morgan fingerprint density at radius 2 is 0.800 bits per heavy atom. The van der Waals surface area contributed by atoms with Crippen LogP contribution in [-0.2, 0) is 0 Å². The Hall–Kier alpha value is 1.22. The molecule has 92 valence electrons. The Morgan fingerprint density at radius 1 is 0.600 bits per heavy atom. The fourth-order valence-corrected chi connectivity index (χ4v) is 57.0. The van der Waals surface area contributed by atoms with E-state index in [1.807, 2.05) is 0 Å². The van der Waals surface area contributed by atoms with Crippen molar-refractivity contribution in [2.75, 3.05) is 0 Å². The number of hydrogen-bond acceptors (Lipinski definition) is 0. The standard InChI is InChI=1S/C12H30Si2Te/c1-11(2,3)13(7,8)15-14(9,10)12(4,5)6/h1-10H3. The van der Waals surface area contributed by atoms with E-state index in [0.29, 0.717) is 10.1 Å². The first kappa shape index (κ1) is 16.2. The monoisotopic (exact) mass is 360 g/mol. The topological polar surface area (TPSA) is 0 Å². The molecule has 0 saturated heterocycles. The van der Waals surface area contributed by atoms with Crippen LogP contribution in [0.3, 0.4) is 0 Å². The average Bonchev–Trinajstić information content (AvgIpc) is 1.77. The van der Waals surface area contributed by atoms with Crippen molar-refractivity contribution in [2.24, 2.45) is 0 Å². The second kappa shape index (κ2) is 4.48. The third-order valence-electron chi connectivity index (χ3n) is 4.12. The molecule has 0 atom stereocenters. The van der Waals surface area contributed by atoms with Crippen molar-refractivity contribution in [3.05, 3.63) is 0 Å². The third kappa shape index (κ3) is 4.18. The minimum absolute atomic E-state index is 0.227. The Kier molecular flexibility index (Phi) is 4.84. The molecule has 15 heavy (non-hydrogen) atoms. The van der Waals surface area contributed by atoms with Crippen LogP contribution in [0.1, 0.15) is 41.5 Å². The molecule has 0 unspecified atom stereocenters. The normalized spacial score (nSPS) is 15.6. The summed E-state index contributed by atoms with van der Waals surface area (Å²) in [6.07, 6.45) is 0. The summed E-state index contributed by atoms with van der Waals surface area (Å²) >= 11 is 0.227. The number of hydrogen-bond donors (Lipinski definition) is 0. The van der Waals surface area contributed by atoms with Crippen LogP contribution in [0, 0.1) is 0 Å². The van der Waals surface area contributed by atoms with E-state index < -0.39 is 11.2 Å². The molecule has 0 rings (SSSR count). The van der Waals surface area contributed by atoms with Gasteiger partial charge in [0.15, 0.2) is 0 Å². The van der Waals surface area contributed by atoms with Crippen molar-refractivity contribution in [3.63, 3.8) is 0 Å². The second-order valence-electron chi connectivity index (χ2n) is 7.62. The van der Waals surface area contributed by atoms with Gasteiger partial charge in [0, 0.05) is 0 Å². The average molecular weight is 358 g/mol. The molecule has 3 heteroatoms. The predicted molar refractivity (Wildman–Crippen MR) is 80.1 cm³/mol. The zero-order chi connectivity index (χ0) is 12.7. The van der Waals surface area contributed by atoms with Gasteiger partial charge in [-0.05, 0) is 0 Å². The van der Waals surface area contributed by atoms with Gasteiger partial charge in [-0.1, -0.05) is 0 Å². The van der Waals surface area contributed by atoms with Crippen LogP contribution in [0.25, 0.3) is 0 Å². The van der Waals surface area contributed by atoms with E-state index in [4.69, 9.17) is 0 Å². The van der Waals surface area contributed by atoms with E-state index in [0.717, 1.165) is 0 Å². The van der Waals surface area contributed by atoms with E-state index in [-0.39, 0.29) is 19.3 Å². The van der Waals surface area contributed by atoms with E-state index in [1.54, 1.807) is 0 Å². The van der Waals surface area contributed by atoms with Crippen LogP contribution in [0.5, 0.6) is 0 Å². The molecule has 0 spiro atoms. The quantitative estimate of drug-likeness (QED) is 0.628. The summed E-state index contributed by atoms with van der Waals surface area (Å²) in [4.78, 5) is 0. The fourth-order valence-electron chi connectivity index (χ4n) is 0.944. The minimum atomic E-state index is -0.958. The molecular formula is C12H30Si2Te. The van der Waals surface area contributed by atoms with Crippen LogP contribution >= 0.6 is 0 Å². The molecular weight excluding hydrogens is 328 g/mol. The van der Waals surface area contributed by atoms with Gasteiger partial charge in [0.1, 0.15) is 0 Å². The van der Waals surface area contributed by atoms with E-state index in [2.05, 4.69) is 67.7 Å². The molecule has 0 aliphatic carbocycles. The van der Waals surface area contributed by atoms with Crippen LogP contribution in [0.2, 0.25) is 36.3 Å². The van der Waals surface area contributed by atoms with Crippen molar-refractivity contribution < 1.29 is 0 Å². The molecule has 0 aliphatic rings. The molecule has 0 amide bonds. The van der Waals surface area contributed by atoms with Crippen LogP contribution in [0.4, 0.5) is 0 Å². The van der Waals surface area contributed by atoms with E-state index >= 15 is 0 Å². The Bertz CT molecular complexity index is 195. The van der Waals surface area contributed by atoms with Gasteiger partial charge in [-0.25, -0.2) is 0 Å². The summed E-state index contributed by atoms with van der Waals surface area (Å²) in [6, 6.07) is 0. The van der Waals surface area contributed by atoms with Gasteiger partial charge >= 0.3 is 108 Å². The van der Waals surface area contributed by atoms with Gasteiger partial charge < -0.3 is 0 Å². The van der Waals surface area contributed by atoms with Crippen molar-refractivity contribution in [2.45, 2.75) is 77.8 Å². The zero-order valence-electron chi connectivity index (χ0n) is 12.4. The van der Waals surface area contributed by atoms with Gasteiger partial charge in [-0.2, -0.15) is 0 Å². The molecule has 0 bridgehead atoms. The summed E-state index contributed by atoms with van der Waals surface area (Å²) in [5.41, 5.74) is -1.92. The van der Waals surface area contributed by atoms with E-state index in [1.165, 1.54) is 0 Å². The first-order valence-electron chi connectivity index (χ1n) is 5.91. The number of rotatable bonds is 2. The molecule has 0 aliphatic heterocycles. The summed E-state index contributed by atoms with van der Waals surface area (Å²) in [5.74, 6) is 0. The third-order valence-corrected chi connectivity index (χ3v) is 52.1. The van der Waals surface area contributed by atoms with Crippen molar-refractivity contribution in [3.8, 4) is 0 Å². The van der Waals surface area contributed by atoms with Crippen LogP contribution in [-0.4, -0.2) is 30.6 Å².